The fraction of sp³-hybridized carbons (Fsp3) is 0.533. The Kier molecular flexibility index (Phi) is 6.67. The molecule has 1 unspecified atom stereocenters. The molecule has 0 saturated carbocycles. The molecule has 0 fully saturated rings. The van der Waals surface area contributed by atoms with Crippen LogP contribution in [0, 0.1) is 10.7 Å². The second kappa shape index (κ2) is 8.05. The molecule has 18 heavy (non-hydrogen) atoms. The minimum Gasteiger partial charge on any atom is -0.494 e. The Morgan fingerprint density at radius 2 is 2.17 bits per heavy atom. The third-order valence-corrected chi connectivity index (χ3v) is 3.62. The minimum absolute atomic E-state index is 0.497. The van der Waals surface area contributed by atoms with Crippen molar-refractivity contribution in [2.75, 3.05) is 12.4 Å². The van der Waals surface area contributed by atoms with E-state index in [0.29, 0.717) is 12.5 Å². The van der Waals surface area contributed by atoms with Gasteiger partial charge in [-0.25, -0.2) is 0 Å². The standard InChI is InChI=1S/C15H21NOS/c1-4-13-10-14(17-5-2)6-7-15(13)12(3)8-9-18-11-16/h6-7,10,12H,4-5,8-9H2,1-3H3. The lowest BCUT2D eigenvalue weighted by Crippen LogP contribution is -2.01. The number of thiocyanates is 1. The van der Waals surface area contributed by atoms with E-state index >= 15 is 0 Å². The first-order chi connectivity index (χ1) is 8.72. The summed E-state index contributed by atoms with van der Waals surface area (Å²) in [5.41, 5.74) is 2.75. The van der Waals surface area contributed by atoms with Gasteiger partial charge < -0.3 is 4.74 Å². The molecule has 0 spiro atoms. The maximum absolute atomic E-state index is 8.54. The predicted molar refractivity (Wildman–Crippen MR) is 78.1 cm³/mol. The molecule has 3 heteroatoms. The molecule has 0 N–H and O–H groups in total. The molecule has 98 valence electrons. The lowest BCUT2D eigenvalue weighted by Gasteiger charge is -2.16. The highest BCUT2D eigenvalue weighted by Crippen LogP contribution is 2.28. The van der Waals surface area contributed by atoms with E-state index in [9.17, 15) is 0 Å². The summed E-state index contributed by atoms with van der Waals surface area (Å²) in [6.45, 7) is 7.11. The van der Waals surface area contributed by atoms with Gasteiger partial charge in [-0.2, -0.15) is 5.26 Å². The Morgan fingerprint density at radius 3 is 2.78 bits per heavy atom. The maximum Gasteiger partial charge on any atom is 0.133 e. The van der Waals surface area contributed by atoms with Gasteiger partial charge in [-0.1, -0.05) is 19.9 Å². The van der Waals surface area contributed by atoms with Crippen molar-refractivity contribution in [3.8, 4) is 11.2 Å². The number of nitrogens with zero attached hydrogens (tertiary/aromatic N) is 1. The average molecular weight is 263 g/mol. The zero-order chi connectivity index (χ0) is 13.4. The molecular weight excluding hydrogens is 242 g/mol. The zero-order valence-electron chi connectivity index (χ0n) is 11.4. The van der Waals surface area contributed by atoms with Crippen LogP contribution in [0.3, 0.4) is 0 Å². The van der Waals surface area contributed by atoms with E-state index in [1.54, 1.807) is 0 Å². The molecule has 0 aliphatic rings. The van der Waals surface area contributed by atoms with Crippen molar-refractivity contribution in [3.05, 3.63) is 29.3 Å². The van der Waals surface area contributed by atoms with E-state index in [2.05, 4.69) is 31.4 Å². The van der Waals surface area contributed by atoms with Crippen LogP contribution >= 0.6 is 11.8 Å². The van der Waals surface area contributed by atoms with Crippen LogP contribution < -0.4 is 4.74 Å². The topological polar surface area (TPSA) is 33.0 Å². The molecule has 0 aromatic heterocycles. The van der Waals surface area contributed by atoms with Crippen molar-refractivity contribution < 1.29 is 4.74 Å². The van der Waals surface area contributed by atoms with Gasteiger partial charge in [0, 0.05) is 5.75 Å². The number of rotatable bonds is 7. The van der Waals surface area contributed by atoms with Crippen LogP contribution in [0.5, 0.6) is 5.75 Å². The summed E-state index contributed by atoms with van der Waals surface area (Å²) in [5, 5.41) is 10.7. The van der Waals surface area contributed by atoms with Crippen molar-refractivity contribution >= 4 is 11.8 Å². The molecule has 0 aliphatic carbocycles. The Hall–Kier alpha value is -1.14. The third kappa shape index (κ3) is 4.27. The molecule has 0 aliphatic heterocycles. The Labute approximate surface area is 114 Å². The average Bonchev–Trinajstić information content (AvgIpc) is 2.39. The van der Waals surface area contributed by atoms with Gasteiger partial charge >= 0.3 is 0 Å². The molecule has 1 aromatic carbocycles. The van der Waals surface area contributed by atoms with E-state index in [-0.39, 0.29) is 0 Å². The lowest BCUT2D eigenvalue weighted by molar-refractivity contribution is 0.339. The van der Waals surface area contributed by atoms with E-state index in [1.165, 1.54) is 22.9 Å². The van der Waals surface area contributed by atoms with Gasteiger partial charge in [-0.15, -0.1) is 0 Å². The third-order valence-electron chi connectivity index (χ3n) is 3.05. The van der Waals surface area contributed by atoms with Gasteiger partial charge in [0.25, 0.3) is 0 Å². The number of thioether (sulfide) groups is 1. The van der Waals surface area contributed by atoms with Crippen molar-refractivity contribution in [3.63, 3.8) is 0 Å². The van der Waals surface area contributed by atoms with Crippen molar-refractivity contribution in [2.45, 2.75) is 39.5 Å². The van der Waals surface area contributed by atoms with Crippen LogP contribution in [0.2, 0.25) is 0 Å². The van der Waals surface area contributed by atoms with Gasteiger partial charge in [-0.05, 0) is 60.7 Å². The van der Waals surface area contributed by atoms with Crippen molar-refractivity contribution in [1.82, 2.24) is 0 Å². The quantitative estimate of drug-likeness (QED) is 0.541. The number of hydrogen-bond donors (Lipinski definition) is 0. The summed E-state index contributed by atoms with van der Waals surface area (Å²) in [4.78, 5) is 0. The Bertz CT molecular complexity index is 411. The number of aryl methyl sites for hydroxylation is 1. The number of hydrogen-bond acceptors (Lipinski definition) is 3. The lowest BCUT2D eigenvalue weighted by atomic mass is 9.92. The van der Waals surface area contributed by atoms with Crippen LogP contribution in [0.1, 0.15) is 44.2 Å². The van der Waals surface area contributed by atoms with Gasteiger partial charge in [0.2, 0.25) is 0 Å². The van der Waals surface area contributed by atoms with Crippen molar-refractivity contribution in [2.24, 2.45) is 0 Å². The highest BCUT2D eigenvalue weighted by molar-refractivity contribution is 8.03. The Morgan fingerprint density at radius 1 is 1.39 bits per heavy atom. The molecule has 0 heterocycles. The summed E-state index contributed by atoms with van der Waals surface area (Å²) in [6, 6.07) is 6.37. The first-order valence-electron chi connectivity index (χ1n) is 6.49. The second-order valence-corrected chi connectivity index (χ2v) is 5.16. The minimum atomic E-state index is 0.497. The van der Waals surface area contributed by atoms with Crippen LogP contribution in [-0.4, -0.2) is 12.4 Å². The SMILES string of the molecule is CCOc1ccc(C(C)CCSC#N)c(CC)c1. The molecule has 0 bridgehead atoms. The summed E-state index contributed by atoms with van der Waals surface area (Å²) in [6.07, 6.45) is 2.06. The smallest absolute Gasteiger partial charge is 0.133 e. The van der Waals surface area contributed by atoms with E-state index in [1.807, 2.05) is 13.0 Å². The van der Waals surface area contributed by atoms with Gasteiger partial charge in [0.05, 0.1) is 6.61 Å². The fourth-order valence-corrected chi connectivity index (χ4v) is 2.63. The summed E-state index contributed by atoms with van der Waals surface area (Å²) >= 11 is 1.34. The Balaban J connectivity index is 2.78. The molecule has 0 saturated heterocycles. The first-order valence-corrected chi connectivity index (χ1v) is 7.47. The molecule has 2 nitrogen and oxygen atoms in total. The van der Waals surface area contributed by atoms with Gasteiger partial charge in [-0.3, -0.25) is 0 Å². The zero-order valence-corrected chi connectivity index (χ0v) is 12.2. The highest BCUT2D eigenvalue weighted by atomic mass is 32.2. The maximum atomic E-state index is 8.54. The summed E-state index contributed by atoms with van der Waals surface area (Å²) in [5.74, 6) is 2.35. The monoisotopic (exact) mass is 263 g/mol. The molecule has 0 radical (unpaired) electrons. The molecular formula is C15H21NOS. The van der Waals surface area contributed by atoms with E-state index < -0.39 is 0 Å². The van der Waals surface area contributed by atoms with Gasteiger partial charge in [0.15, 0.2) is 0 Å². The van der Waals surface area contributed by atoms with Crippen LogP contribution in [0.15, 0.2) is 18.2 Å². The molecule has 1 aromatic rings. The molecule has 1 rings (SSSR count). The van der Waals surface area contributed by atoms with Crippen molar-refractivity contribution in [1.29, 1.82) is 5.26 Å². The van der Waals surface area contributed by atoms with Crippen LogP contribution in [-0.2, 0) is 6.42 Å². The van der Waals surface area contributed by atoms with Crippen LogP contribution in [0.4, 0.5) is 0 Å². The second-order valence-electron chi connectivity index (χ2n) is 4.28. The number of ether oxygens (including phenoxy) is 1. The van der Waals surface area contributed by atoms with Gasteiger partial charge in [0.1, 0.15) is 11.2 Å². The van der Waals surface area contributed by atoms with E-state index in [0.717, 1.165) is 24.3 Å². The predicted octanol–water partition coefficient (Wildman–Crippen LogP) is 4.36. The number of benzene rings is 1. The fourth-order valence-electron chi connectivity index (χ4n) is 2.06. The molecule has 1 atom stereocenters. The summed E-state index contributed by atoms with van der Waals surface area (Å²) in [7, 11) is 0. The van der Waals surface area contributed by atoms with E-state index in [4.69, 9.17) is 10.00 Å². The molecule has 0 amide bonds. The normalized spacial score (nSPS) is 11.9. The largest absolute Gasteiger partial charge is 0.494 e. The van der Waals surface area contributed by atoms with Crippen LogP contribution in [0.25, 0.3) is 0 Å². The number of nitriles is 1. The first kappa shape index (κ1) is 14.9. The summed E-state index contributed by atoms with van der Waals surface area (Å²) < 4.78 is 5.53. The highest BCUT2D eigenvalue weighted by Gasteiger charge is 2.10.